The minimum Gasteiger partial charge on any atom is -0.495 e. The Morgan fingerprint density at radius 3 is 2.95 bits per heavy atom. The molecular weight excluding hydrogens is 338 g/mol. The first-order chi connectivity index (χ1) is 10.1. The molecule has 0 radical (unpaired) electrons. The van der Waals surface area contributed by atoms with Gasteiger partial charge in [-0.05, 0) is 47.3 Å². The molecule has 0 aliphatic carbocycles. The van der Waals surface area contributed by atoms with E-state index in [2.05, 4.69) is 26.2 Å². The first-order valence-corrected chi connectivity index (χ1v) is 7.36. The largest absolute Gasteiger partial charge is 0.495 e. The van der Waals surface area contributed by atoms with Crippen LogP contribution in [0.2, 0.25) is 0 Å². The minimum atomic E-state index is -0.763. The Labute approximate surface area is 130 Å². The van der Waals surface area contributed by atoms with Crippen molar-refractivity contribution in [2.75, 3.05) is 7.11 Å². The van der Waals surface area contributed by atoms with E-state index in [1.807, 2.05) is 24.4 Å². The monoisotopic (exact) mass is 353 g/mol. The Bertz CT molecular complexity index is 628. The summed E-state index contributed by atoms with van der Waals surface area (Å²) >= 11 is 3.40. The third kappa shape index (κ3) is 4.29. The van der Waals surface area contributed by atoms with Gasteiger partial charge < -0.3 is 9.84 Å². The van der Waals surface area contributed by atoms with Gasteiger partial charge in [-0.1, -0.05) is 5.21 Å². The van der Waals surface area contributed by atoms with Crippen LogP contribution in [-0.4, -0.2) is 33.2 Å². The molecule has 0 amide bonds. The van der Waals surface area contributed by atoms with Gasteiger partial charge >= 0.3 is 5.97 Å². The molecule has 0 saturated heterocycles. The molecule has 6 nitrogen and oxygen atoms in total. The lowest BCUT2D eigenvalue weighted by molar-refractivity contribution is -0.137. The first-order valence-electron chi connectivity index (χ1n) is 6.57. The average Bonchev–Trinajstić information content (AvgIpc) is 2.93. The Balaban J connectivity index is 2.01. The predicted molar refractivity (Wildman–Crippen MR) is 80.8 cm³/mol. The van der Waals surface area contributed by atoms with Crippen molar-refractivity contribution in [3.05, 3.63) is 34.6 Å². The topological polar surface area (TPSA) is 77.2 Å². The SMILES string of the molecule is COc1cc(-n2cc(CCCCC(=O)O)nn2)ccc1Br. The highest BCUT2D eigenvalue weighted by atomic mass is 79.9. The van der Waals surface area contributed by atoms with E-state index in [0.29, 0.717) is 6.42 Å². The van der Waals surface area contributed by atoms with E-state index < -0.39 is 5.97 Å². The van der Waals surface area contributed by atoms with Gasteiger partial charge in [0, 0.05) is 12.5 Å². The number of benzene rings is 1. The number of nitrogens with zero attached hydrogens (tertiary/aromatic N) is 3. The molecule has 21 heavy (non-hydrogen) atoms. The molecule has 0 spiro atoms. The minimum absolute atomic E-state index is 0.193. The lowest BCUT2D eigenvalue weighted by Crippen LogP contribution is -1.96. The van der Waals surface area contributed by atoms with E-state index in [-0.39, 0.29) is 6.42 Å². The summed E-state index contributed by atoms with van der Waals surface area (Å²) in [5, 5.41) is 16.8. The fourth-order valence-corrected chi connectivity index (χ4v) is 2.32. The van der Waals surface area contributed by atoms with Crippen LogP contribution in [0.4, 0.5) is 0 Å². The van der Waals surface area contributed by atoms with Gasteiger partial charge in [-0.25, -0.2) is 4.68 Å². The zero-order valence-corrected chi connectivity index (χ0v) is 13.2. The van der Waals surface area contributed by atoms with Crippen molar-refractivity contribution < 1.29 is 14.6 Å². The average molecular weight is 354 g/mol. The van der Waals surface area contributed by atoms with Gasteiger partial charge in [0.05, 0.1) is 29.2 Å². The number of carboxylic acids is 1. The predicted octanol–water partition coefficient (Wildman–Crippen LogP) is 2.84. The van der Waals surface area contributed by atoms with Crippen LogP contribution in [0.3, 0.4) is 0 Å². The normalized spacial score (nSPS) is 10.6. The van der Waals surface area contributed by atoms with Gasteiger partial charge in [-0.2, -0.15) is 0 Å². The van der Waals surface area contributed by atoms with Gasteiger partial charge in [-0.15, -0.1) is 5.10 Å². The molecule has 0 atom stereocenters. The maximum absolute atomic E-state index is 10.4. The van der Waals surface area contributed by atoms with Crippen molar-refractivity contribution in [1.82, 2.24) is 15.0 Å². The maximum atomic E-state index is 10.4. The summed E-state index contributed by atoms with van der Waals surface area (Å²) in [6, 6.07) is 5.67. The van der Waals surface area contributed by atoms with Gasteiger partial charge in [0.2, 0.25) is 0 Å². The molecule has 0 aliphatic heterocycles. The van der Waals surface area contributed by atoms with Gasteiger partial charge in [0.25, 0.3) is 0 Å². The van der Waals surface area contributed by atoms with Crippen molar-refractivity contribution in [2.45, 2.75) is 25.7 Å². The van der Waals surface area contributed by atoms with Crippen LogP contribution < -0.4 is 4.74 Å². The summed E-state index contributed by atoms with van der Waals surface area (Å²) in [6.45, 7) is 0. The highest BCUT2D eigenvalue weighted by molar-refractivity contribution is 9.10. The molecule has 0 unspecified atom stereocenters. The maximum Gasteiger partial charge on any atom is 0.303 e. The van der Waals surface area contributed by atoms with Crippen molar-refractivity contribution in [2.24, 2.45) is 0 Å². The van der Waals surface area contributed by atoms with E-state index in [1.54, 1.807) is 11.8 Å². The highest BCUT2D eigenvalue weighted by Crippen LogP contribution is 2.26. The number of aromatic nitrogens is 3. The molecule has 1 N–H and O–H groups in total. The van der Waals surface area contributed by atoms with Crippen LogP contribution in [0.1, 0.15) is 25.0 Å². The number of halogens is 1. The number of ether oxygens (including phenoxy) is 1. The summed E-state index contributed by atoms with van der Waals surface area (Å²) in [7, 11) is 1.61. The second-order valence-electron chi connectivity index (χ2n) is 4.57. The number of hydrogen-bond acceptors (Lipinski definition) is 4. The second kappa shape index (κ2) is 7.21. The van der Waals surface area contributed by atoms with E-state index >= 15 is 0 Å². The number of aliphatic carboxylic acids is 1. The van der Waals surface area contributed by atoms with E-state index in [1.165, 1.54) is 0 Å². The quantitative estimate of drug-likeness (QED) is 0.774. The molecule has 0 saturated carbocycles. The smallest absolute Gasteiger partial charge is 0.303 e. The highest BCUT2D eigenvalue weighted by Gasteiger charge is 2.07. The molecule has 1 heterocycles. The Morgan fingerprint density at radius 1 is 1.43 bits per heavy atom. The lowest BCUT2D eigenvalue weighted by atomic mass is 10.1. The van der Waals surface area contributed by atoms with Crippen molar-refractivity contribution in [3.63, 3.8) is 0 Å². The molecule has 2 aromatic rings. The Kier molecular flexibility index (Phi) is 5.32. The number of hydrogen-bond donors (Lipinski definition) is 1. The number of methoxy groups -OCH3 is 1. The van der Waals surface area contributed by atoms with Crippen LogP contribution in [0.5, 0.6) is 5.75 Å². The van der Waals surface area contributed by atoms with Gasteiger partial charge in [0.15, 0.2) is 0 Å². The molecule has 2 rings (SSSR count). The summed E-state index contributed by atoms with van der Waals surface area (Å²) in [5.41, 5.74) is 1.71. The van der Waals surface area contributed by atoms with Gasteiger partial charge in [0.1, 0.15) is 5.75 Å². The van der Waals surface area contributed by atoms with Gasteiger partial charge in [-0.3, -0.25) is 4.79 Å². The molecule has 1 aromatic heterocycles. The standard InChI is InChI=1S/C14H16BrN3O3/c1-21-13-8-11(6-7-12(13)15)18-9-10(16-17-18)4-2-3-5-14(19)20/h6-9H,2-5H2,1H3,(H,19,20). The van der Waals surface area contributed by atoms with Crippen LogP contribution in [0.25, 0.3) is 5.69 Å². The zero-order chi connectivity index (χ0) is 15.2. The number of unbranched alkanes of at least 4 members (excludes halogenated alkanes) is 1. The Hall–Kier alpha value is -1.89. The van der Waals surface area contributed by atoms with Crippen molar-refractivity contribution in [3.8, 4) is 11.4 Å². The summed E-state index contributed by atoms with van der Waals surface area (Å²) < 4.78 is 7.81. The van der Waals surface area contributed by atoms with E-state index in [9.17, 15) is 4.79 Å². The van der Waals surface area contributed by atoms with E-state index in [0.717, 1.165) is 34.4 Å². The number of carbonyl (C=O) groups is 1. The number of rotatable bonds is 7. The molecule has 112 valence electrons. The summed E-state index contributed by atoms with van der Waals surface area (Å²) in [4.78, 5) is 10.4. The van der Waals surface area contributed by atoms with Crippen LogP contribution >= 0.6 is 15.9 Å². The van der Waals surface area contributed by atoms with Crippen LogP contribution in [-0.2, 0) is 11.2 Å². The van der Waals surface area contributed by atoms with Crippen molar-refractivity contribution in [1.29, 1.82) is 0 Å². The second-order valence-corrected chi connectivity index (χ2v) is 5.43. The third-order valence-corrected chi connectivity index (χ3v) is 3.67. The summed E-state index contributed by atoms with van der Waals surface area (Å²) in [5.74, 6) is -0.0355. The first kappa shape index (κ1) is 15.5. The molecule has 1 aromatic carbocycles. The lowest BCUT2D eigenvalue weighted by Gasteiger charge is -2.05. The number of aryl methyl sites for hydroxylation is 1. The van der Waals surface area contributed by atoms with Crippen LogP contribution in [0.15, 0.2) is 28.9 Å². The fraction of sp³-hybridized carbons (Fsp3) is 0.357. The molecule has 0 fully saturated rings. The zero-order valence-electron chi connectivity index (χ0n) is 11.6. The molecule has 0 bridgehead atoms. The van der Waals surface area contributed by atoms with Crippen molar-refractivity contribution >= 4 is 21.9 Å². The third-order valence-electron chi connectivity index (χ3n) is 3.01. The molecular formula is C14H16BrN3O3. The molecule has 0 aliphatic rings. The summed E-state index contributed by atoms with van der Waals surface area (Å²) in [6.07, 6.45) is 4.20. The molecule has 7 heteroatoms. The van der Waals surface area contributed by atoms with Crippen LogP contribution in [0, 0.1) is 0 Å². The Morgan fingerprint density at radius 2 is 2.24 bits per heavy atom. The number of carboxylic acid groups (broad SMARTS) is 1. The fourth-order valence-electron chi connectivity index (χ4n) is 1.91. The van der Waals surface area contributed by atoms with E-state index in [4.69, 9.17) is 9.84 Å².